The fraction of sp³-hybridized carbons (Fsp3) is 0.357. The van der Waals surface area contributed by atoms with Gasteiger partial charge in [-0.25, -0.2) is 9.69 Å². The van der Waals surface area contributed by atoms with Crippen molar-refractivity contribution in [2.24, 2.45) is 10.7 Å². The van der Waals surface area contributed by atoms with Crippen molar-refractivity contribution in [2.75, 3.05) is 9.80 Å². The summed E-state index contributed by atoms with van der Waals surface area (Å²) in [6.45, 7) is 5.63. The lowest BCUT2D eigenvalue weighted by Gasteiger charge is -2.40. The Kier molecular flexibility index (Phi) is 2.41. The average Bonchev–Trinajstić information content (AvgIpc) is 2.59. The lowest BCUT2D eigenvalue weighted by Crippen LogP contribution is -2.60. The first-order valence-electron chi connectivity index (χ1n) is 6.43. The molecule has 6 heteroatoms. The minimum atomic E-state index is -0.762. The molecule has 2 aliphatic heterocycles. The van der Waals surface area contributed by atoms with Gasteiger partial charge in [0.15, 0.2) is 0 Å². The maximum Gasteiger partial charge on any atom is 0.326 e. The quantitative estimate of drug-likeness (QED) is 0.777. The van der Waals surface area contributed by atoms with E-state index in [1.807, 2.05) is 37.8 Å². The molecule has 1 atom stereocenters. The van der Waals surface area contributed by atoms with Crippen molar-refractivity contribution in [3.63, 3.8) is 0 Å². The molecular formula is C14H16N4O2. The molecule has 0 fully saturated rings. The van der Waals surface area contributed by atoms with Crippen molar-refractivity contribution >= 4 is 29.1 Å². The third-order valence-corrected chi connectivity index (χ3v) is 3.78. The molecule has 0 saturated heterocycles. The zero-order valence-corrected chi connectivity index (χ0v) is 11.6. The number of fused-ring (bicyclic) bond motifs is 3. The molecule has 0 aliphatic carbocycles. The van der Waals surface area contributed by atoms with Gasteiger partial charge >= 0.3 is 6.03 Å². The van der Waals surface area contributed by atoms with Gasteiger partial charge in [0.1, 0.15) is 11.9 Å². The number of nitrogens with two attached hydrogens (primary N) is 1. The Balaban J connectivity index is 2.26. The van der Waals surface area contributed by atoms with Crippen LogP contribution < -0.4 is 15.5 Å². The van der Waals surface area contributed by atoms with E-state index < -0.39 is 17.6 Å². The van der Waals surface area contributed by atoms with Gasteiger partial charge in [-0.05, 0) is 32.9 Å². The van der Waals surface area contributed by atoms with E-state index in [9.17, 15) is 9.59 Å². The molecular weight excluding hydrogens is 256 g/mol. The summed E-state index contributed by atoms with van der Waals surface area (Å²) in [6, 6.07) is 5.92. The second-order valence-corrected chi connectivity index (χ2v) is 5.59. The van der Waals surface area contributed by atoms with Crippen molar-refractivity contribution in [1.82, 2.24) is 0 Å². The molecule has 0 spiro atoms. The summed E-state index contributed by atoms with van der Waals surface area (Å²) in [5.41, 5.74) is 6.08. The van der Waals surface area contributed by atoms with Crippen LogP contribution in [0.15, 0.2) is 29.3 Å². The topological polar surface area (TPSA) is 79.0 Å². The van der Waals surface area contributed by atoms with Gasteiger partial charge in [-0.3, -0.25) is 9.79 Å². The van der Waals surface area contributed by atoms with Gasteiger partial charge in [0.2, 0.25) is 0 Å². The summed E-state index contributed by atoms with van der Waals surface area (Å²) in [4.78, 5) is 31.8. The summed E-state index contributed by atoms with van der Waals surface area (Å²) in [5.74, 6) is 0.437. The third kappa shape index (κ3) is 1.47. The highest BCUT2D eigenvalue weighted by molar-refractivity contribution is 6.25. The van der Waals surface area contributed by atoms with Crippen LogP contribution in [0.2, 0.25) is 0 Å². The minimum Gasteiger partial charge on any atom is -0.351 e. The van der Waals surface area contributed by atoms with Gasteiger partial charge in [-0.1, -0.05) is 12.1 Å². The predicted octanol–water partition coefficient (Wildman–Crippen LogP) is 1.50. The monoisotopic (exact) mass is 272 g/mol. The van der Waals surface area contributed by atoms with Gasteiger partial charge in [0.05, 0.1) is 16.9 Å². The number of aliphatic imine (C=N–C) groups is 1. The Morgan fingerprint density at radius 1 is 1.30 bits per heavy atom. The molecule has 3 amide bonds. The Labute approximate surface area is 116 Å². The lowest BCUT2D eigenvalue weighted by molar-refractivity contribution is -0.120. The highest BCUT2D eigenvalue weighted by Gasteiger charge is 2.52. The molecule has 1 aromatic carbocycles. The number of benzene rings is 1. The first-order valence-corrected chi connectivity index (χ1v) is 6.43. The zero-order valence-electron chi connectivity index (χ0n) is 11.6. The number of hydrogen-bond donors (Lipinski definition) is 1. The van der Waals surface area contributed by atoms with E-state index in [-0.39, 0.29) is 5.91 Å². The molecule has 3 rings (SSSR count). The SMILES string of the molecule is CC1=NC(C)(C)C2C(=O)N(C(N)=O)c3ccccc3N12. The van der Waals surface area contributed by atoms with E-state index in [0.717, 1.165) is 16.4 Å². The molecule has 6 nitrogen and oxygen atoms in total. The van der Waals surface area contributed by atoms with Gasteiger partial charge < -0.3 is 10.6 Å². The molecule has 0 radical (unpaired) electrons. The van der Waals surface area contributed by atoms with Gasteiger partial charge in [-0.15, -0.1) is 0 Å². The Morgan fingerprint density at radius 2 is 1.90 bits per heavy atom. The number of primary amides is 1. The predicted molar refractivity (Wildman–Crippen MR) is 77.0 cm³/mol. The summed E-state index contributed by atoms with van der Waals surface area (Å²) in [5, 5.41) is 0. The van der Waals surface area contributed by atoms with Gasteiger partial charge in [0.25, 0.3) is 5.91 Å². The number of para-hydroxylation sites is 2. The number of rotatable bonds is 0. The van der Waals surface area contributed by atoms with Crippen LogP contribution in [0, 0.1) is 0 Å². The molecule has 0 saturated carbocycles. The second kappa shape index (κ2) is 3.82. The summed E-state index contributed by atoms with van der Waals surface area (Å²) >= 11 is 0. The van der Waals surface area contributed by atoms with Crippen LogP contribution in [-0.4, -0.2) is 29.4 Å². The first kappa shape index (κ1) is 12.7. The van der Waals surface area contributed by atoms with Crippen LogP contribution in [-0.2, 0) is 4.79 Å². The third-order valence-electron chi connectivity index (χ3n) is 3.78. The summed E-state index contributed by atoms with van der Waals surface area (Å²) in [6.07, 6.45) is 0. The van der Waals surface area contributed by atoms with Crippen molar-refractivity contribution < 1.29 is 9.59 Å². The number of amidine groups is 1. The minimum absolute atomic E-state index is 0.332. The van der Waals surface area contributed by atoms with Crippen LogP contribution in [0.1, 0.15) is 20.8 Å². The van der Waals surface area contributed by atoms with E-state index in [2.05, 4.69) is 4.99 Å². The van der Waals surface area contributed by atoms with E-state index in [0.29, 0.717) is 5.69 Å². The summed E-state index contributed by atoms with van der Waals surface area (Å²) in [7, 11) is 0. The number of carbonyl (C=O) groups is 2. The standard InChI is InChI=1S/C14H16N4O2/c1-8-16-14(2,3)11-12(19)18(13(15)20)10-7-5-4-6-9(10)17(8)11/h4-7,11H,1-3H3,(H2,15,20). The van der Waals surface area contributed by atoms with E-state index in [1.54, 1.807) is 12.1 Å². The molecule has 2 heterocycles. The van der Waals surface area contributed by atoms with Crippen molar-refractivity contribution in [3.05, 3.63) is 24.3 Å². The fourth-order valence-corrected chi connectivity index (χ4v) is 3.09. The average molecular weight is 272 g/mol. The van der Waals surface area contributed by atoms with Crippen LogP contribution >= 0.6 is 0 Å². The number of carbonyl (C=O) groups excluding carboxylic acids is 2. The lowest BCUT2D eigenvalue weighted by atomic mass is 9.92. The Hall–Kier alpha value is -2.37. The number of amides is 3. The van der Waals surface area contributed by atoms with Crippen LogP contribution in [0.4, 0.5) is 16.2 Å². The number of imide groups is 1. The van der Waals surface area contributed by atoms with Crippen LogP contribution in [0.5, 0.6) is 0 Å². The molecule has 104 valence electrons. The van der Waals surface area contributed by atoms with Crippen LogP contribution in [0.3, 0.4) is 0 Å². The fourth-order valence-electron chi connectivity index (χ4n) is 3.09. The molecule has 2 aliphatic rings. The maximum atomic E-state index is 12.7. The molecule has 1 unspecified atom stereocenters. The maximum absolute atomic E-state index is 12.7. The highest BCUT2D eigenvalue weighted by atomic mass is 16.2. The molecule has 2 N–H and O–H groups in total. The number of urea groups is 1. The van der Waals surface area contributed by atoms with E-state index in [1.165, 1.54) is 0 Å². The van der Waals surface area contributed by atoms with E-state index >= 15 is 0 Å². The highest BCUT2D eigenvalue weighted by Crippen LogP contribution is 2.42. The smallest absolute Gasteiger partial charge is 0.326 e. The summed E-state index contributed by atoms with van der Waals surface area (Å²) < 4.78 is 0. The number of anilines is 2. The van der Waals surface area contributed by atoms with Crippen LogP contribution in [0.25, 0.3) is 0 Å². The molecule has 0 aromatic heterocycles. The molecule has 20 heavy (non-hydrogen) atoms. The Morgan fingerprint density at radius 3 is 2.50 bits per heavy atom. The van der Waals surface area contributed by atoms with E-state index in [4.69, 9.17) is 5.73 Å². The first-order chi connectivity index (χ1) is 9.34. The second-order valence-electron chi connectivity index (χ2n) is 5.59. The Bertz CT molecular complexity index is 650. The molecule has 0 bridgehead atoms. The van der Waals surface area contributed by atoms with Crippen molar-refractivity contribution in [2.45, 2.75) is 32.4 Å². The van der Waals surface area contributed by atoms with Gasteiger partial charge in [0, 0.05) is 0 Å². The number of hydrogen-bond acceptors (Lipinski definition) is 4. The van der Waals surface area contributed by atoms with Gasteiger partial charge in [-0.2, -0.15) is 0 Å². The normalized spacial score (nSPS) is 23.2. The zero-order chi connectivity index (χ0) is 14.7. The number of nitrogens with zero attached hydrogens (tertiary/aromatic N) is 3. The van der Waals surface area contributed by atoms with Crippen molar-refractivity contribution in [3.8, 4) is 0 Å². The molecule has 1 aromatic rings. The largest absolute Gasteiger partial charge is 0.351 e. The van der Waals surface area contributed by atoms with Crippen molar-refractivity contribution in [1.29, 1.82) is 0 Å².